The number of carbonyl (C=O) groups excluding carboxylic acids is 3. The molecule has 3 aromatic rings. The fraction of sp³-hybridized carbons (Fsp3) is 0.514. The van der Waals surface area contributed by atoms with Crippen LogP contribution < -0.4 is 15.5 Å². The summed E-state index contributed by atoms with van der Waals surface area (Å²) in [7, 11) is 2.14. The van der Waals surface area contributed by atoms with Crippen molar-refractivity contribution in [1.82, 2.24) is 30.4 Å². The van der Waals surface area contributed by atoms with Gasteiger partial charge in [-0.15, -0.1) is 0 Å². The third-order valence-corrected chi connectivity index (χ3v) is 9.65. The van der Waals surface area contributed by atoms with Crippen molar-refractivity contribution in [1.29, 1.82) is 0 Å². The van der Waals surface area contributed by atoms with Gasteiger partial charge < -0.3 is 30.1 Å². The minimum absolute atomic E-state index is 0.0935. The molecule has 0 atom stereocenters. The van der Waals surface area contributed by atoms with Crippen LogP contribution >= 0.6 is 0 Å². The standard InChI is InChI=1S/C35H45N7O4/c1-40-15-17-41(18-16-40)32-13-12-27(24-36-32)31-21-29(28-5-2-3-6-30(28)39-31)34(44)37-22-25-8-10-26(11-9-25)23-38-35(45)46-20-19-42-14-4-7-33(42)43/h2-3,5-6,12-13,21,24-26H,4,7-11,14-20,22-23H2,1H3,(H,37,44)(H,38,45). The van der Waals surface area contributed by atoms with Gasteiger partial charge in [0, 0.05) is 69.4 Å². The summed E-state index contributed by atoms with van der Waals surface area (Å²) in [5.74, 6) is 1.79. The van der Waals surface area contributed by atoms with Crippen LogP contribution in [0.15, 0.2) is 48.7 Å². The molecule has 3 aliphatic rings. The Bertz CT molecular complexity index is 1520. The van der Waals surface area contributed by atoms with E-state index in [2.05, 4.69) is 27.5 Å². The summed E-state index contributed by atoms with van der Waals surface area (Å²) in [6.45, 7) is 6.58. The first-order valence-corrected chi connectivity index (χ1v) is 16.7. The molecule has 3 fully saturated rings. The molecule has 0 radical (unpaired) electrons. The van der Waals surface area contributed by atoms with Gasteiger partial charge in [-0.05, 0) is 75.3 Å². The number of alkyl carbamates (subject to hydrolysis) is 1. The number of likely N-dealkylation sites (tertiary alicyclic amines) is 1. The molecule has 46 heavy (non-hydrogen) atoms. The average Bonchev–Trinajstić information content (AvgIpc) is 3.50. The van der Waals surface area contributed by atoms with Gasteiger partial charge in [0.05, 0.1) is 23.3 Å². The number of amides is 3. The number of pyridine rings is 2. The van der Waals surface area contributed by atoms with Crippen molar-refractivity contribution in [3.63, 3.8) is 0 Å². The Balaban J connectivity index is 0.988. The molecule has 1 saturated carbocycles. The summed E-state index contributed by atoms with van der Waals surface area (Å²) in [6, 6.07) is 13.8. The van der Waals surface area contributed by atoms with E-state index in [0.29, 0.717) is 43.5 Å². The molecule has 2 saturated heterocycles. The van der Waals surface area contributed by atoms with E-state index in [1.165, 1.54) is 0 Å². The van der Waals surface area contributed by atoms with Crippen LogP contribution in [0.25, 0.3) is 22.2 Å². The number of benzene rings is 1. The molecule has 2 aromatic heterocycles. The van der Waals surface area contributed by atoms with Crippen LogP contribution in [-0.4, -0.2) is 104 Å². The Kier molecular flexibility index (Phi) is 10.3. The predicted molar refractivity (Wildman–Crippen MR) is 178 cm³/mol. The maximum Gasteiger partial charge on any atom is 0.407 e. The first-order chi connectivity index (χ1) is 22.4. The van der Waals surface area contributed by atoms with E-state index in [0.717, 1.165) is 92.8 Å². The van der Waals surface area contributed by atoms with Gasteiger partial charge in [0.1, 0.15) is 12.4 Å². The number of piperazine rings is 1. The lowest BCUT2D eigenvalue weighted by Crippen LogP contribution is -2.44. The van der Waals surface area contributed by atoms with Crippen LogP contribution in [0.3, 0.4) is 0 Å². The lowest BCUT2D eigenvalue weighted by molar-refractivity contribution is -0.128. The van der Waals surface area contributed by atoms with Crippen LogP contribution in [0.1, 0.15) is 48.9 Å². The molecule has 2 N–H and O–H groups in total. The molecule has 0 bridgehead atoms. The van der Waals surface area contributed by atoms with Crippen molar-refractivity contribution in [2.75, 3.05) is 70.9 Å². The number of hydrogen-bond donors (Lipinski definition) is 2. The molecular weight excluding hydrogens is 582 g/mol. The smallest absolute Gasteiger partial charge is 0.407 e. The van der Waals surface area contributed by atoms with Crippen LogP contribution in [0.4, 0.5) is 10.6 Å². The molecule has 6 rings (SSSR count). The molecule has 4 heterocycles. The van der Waals surface area contributed by atoms with Crippen molar-refractivity contribution in [3.8, 4) is 11.3 Å². The number of hydrogen-bond acceptors (Lipinski definition) is 8. The second-order valence-corrected chi connectivity index (χ2v) is 12.9. The molecule has 244 valence electrons. The number of fused-ring (bicyclic) bond motifs is 1. The summed E-state index contributed by atoms with van der Waals surface area (Å²) in [5, 5.41) is 6.92. The Morgan fingerprint density at radius 3 is 2.37 bits per heavy atom. The highest BCUT2D eigenvalue weighted by Crippen LogP contribution is 2.29. The van der Waals surface area contributed by atoms with E-state index in [-0.39, 0.29) is 18.4 Å². The SMILES string of the molecule is CN1CCN(c2ccc(-c3cc(C(=O)NCC4CCC(CNC(=O)OCCN5CCCC5=O)CC4)c4ccccc4n3)cn2)CC1. The zero-order valence-electron chi connectivity index (χ0n) is 26.7. The van der Waals surface area contributed by atoms with Gasteiger partial charge in [0.15, 0.2) is 0 Å². The number of nitrogens with one attached hydrogen (secondary N) is 2. The van der Waals surface area contributed by atoms with E-state index in [4.69, 9.17) is 14.7 Å². The Hall–Kier alpha value is -4.25. The van der Waals surface area contributed by atoms with Crippen LogP contribution in [0.5, 0.6) is 0 Å². The molecule has 0 spiro atoms. The number of nitrogens with zero attached hydrogens (tertiary/aromatic N) is 5. The minimum Gasteiger partial charge on any atom is -0.448 e. The van der Waals surface area contributed by atoms with E-state index in [1.54, 1.807) is 4.90 Å². The summed E-state index contributed by atoms with van der Waals surface area (Å²) in [5.41, 5.74) is 3.02. The van der Waals surface area contributed by atoms with Gasteiger partial charge >= 0.3 is 6.09 Å². The first kappa shape index (κ1) is 31.7. The topological polar surface area (TPSA) is 120 Å². The maximum absolute atomic E-state index is 13.6. The van der Waals surface area contributed by atoms with E-state index >= 15 is 0 Å². The summed E-state index contributed by atoms with van der Waals surface area (Å²) < 4.78 is 5.27. The van der Waals surface area contributed by atoms with Crippen LogP contribution in [-0.2, 0) is 9.53 Å². The number of ether oxygens (including phenoxy) is 1. The van der Waals surface area contributed by atoms with E-state index < -0.39 is 6.09 Å². The second-order valence-electron chi connectivity index (χ2n) is 12.9. The summed E-state index contributed by atoms with van der Waals surface area (Å²) in [4.78, 5) is 53.3. The normalized spacial score (nSPS) is 20.6. The van der Waals surface area contributed by atoms with Crippen LogP contribution in [0, 0.1) is 11.8 Å². The molecule has 11 heteroatoms. The number of anilines is 1. The number of carbonyl (C=O) groups is 3. The monoisotopic (exact) mass is 627 g/mol. The molecule has 0 unspecified atom stereocenters. The quantitative estimate of drug-likeness (QED) is 0.347. The number of rotatable bonds is 10. The van der Waals surface area contributed by atoms with Crippen LogP contribution in [0.2, 0.25) is 0 Å². The van der Waals surface area contributed by atoms with Crippen molar-refractivity contribution in [2.24, 2.45) is 11.8 Å². The molecule has 3 amide bonds. The molecule has 11 nitrogen and oxygen atoms in total. The van der Waals surface area contributed by atoms with Crippen molar-refractivity contribution >= 4 is 34.6 Å². The zero-order chi connectivity index (χ0) is 31.9. The predicted octanol–water partition coefficient (Wildman–Crippen LogP) is 3.93. The highest BCUT2D eigenvalue weighted by molar-refractivity contribution is 6.07. The highest BCUT2D eigenvalue weighted by atomic mass is 16.5. The second kappa shape index (κ2) is 14.9. The van der Waals surface area contributed by atoms with Crippen molar-refractivity contribution < 1.29 is 19.1 Å². The third kappa shape index (κ3) is 7.93. The summed E-state index contributed by atoms with van der Waals surface area (Å²) in [6.07, 6.45) is 6.86. The van der Waals surface area contributed by atoms with E-state index in [9.17, 15) is 14.4 Å². The molecular formula is C35H45N7O4. The van der Waals surface area contributed by atoms with Gasteiger partial charge in [0.25, 0.3) is 5.91 Å². The minimum atomic E-state index is -0.424. The highest BCUT2D eigenvalue weighted by Gasteiger charge is 2.24. The zero-order valence-corrected chi connectivity index (χ0v) is 26.7. The fourth-order valence-electron chi connectivity index (χ4n) is 6.71. The van der Waals surface area contributed by atoms with Gasteiger partial charge in [-0.3, -0.25) is 9.59 Å². The molecule has 2 aliphatic heterocycles. The number of likely N-dealkylation sites (N-methyl/N-ethyl adjacent to an activating group) is 1. The summed E-state index contributed by atoms with van der Waals surface area (Å²) >= 11 is 0. The van der Waals surface area contributed by atoms with Gasteiger partial charge in [-0.25, -0.2) is 14.8 Å². The van der Waals surface area contributed by atoms with Crippen molar-refractivity contribution in [2.45, 2.75) is 38.5 Å². The molecule has 1 aliphatic carbocycles. The molecule has 1 aromatic carbocycles. The van der Waals surface area contributed by atoms with Crippen molar-refractivity contribution in [3.05, 3.63) is 54.2 Å². The van der Waals surface area contributed by atoms with Gasteiger partial charge in [0.2, 0.25) is 5.91 Å². The first-order valence-electron chi connectivity index (χ1n) is 16.7. The average molecular weight is 628 g/mol. The number of para-hydroxylation sites is 1. The van der Waals surface area contributed by atoms with Gasteiger partial charge in [-0.2, -0.15) is 0 Å². The Morgan fingerprint density at radius 2 is 1.67 bits per heavy atom. The van der Waals surface area contributed by atoms with Gasteiger partial charge in [-0.1, -0.05) is 18.2 Å². The lowest BCUT2D eigenvalue weighted by Gasteiger charge is -2.33. The van der Waals surface area contributed by atoms with E-state index in [1.807, 2.05) is 48.7 Å². The largest absolute Gasteiger partial charge is 0.448 e. The third-order valence-electron chi connectivity index (χ3n) is 9.65. The lowest BCUT2D eigenvalue weighted by atomic mass is 9.82. The maximum atomic E-state index is 13.6. The number of aromatic nitrogens is 2. The fourth-order valence-corrected chi connectivity index (χ4v) is 6.71. The Labute approximate surface area is 270 Å². The Morgan fingerprint density at radius 1 is 0.935 bits per heavy atom.